The minimum Gasteiger partial charge on any atom is -0.438 e. The van der Waals surface area contributed by atoms with Crippen LogP contribution in [0.15, 0.2) is 67.0 Å². The summed E-state index contributed by atoms with van der Waals surface area (Å²) in [7, 11) is 0. The van der Waals surface area contributed by atoms with Crippen molar-refractivity contribution in [3.63, 3.8) is 0 Å². The van der Waals surface area contributed by atoms with Crippen molar-refractivity contribution in [1.82, 2.24) is 15.0 Å². The highest BCUT2D eigenvalue weighted by atomic mass is 16.5. The average Bonchev–Trinajstić information content (AvgIpc) is 2.65. The number of benzene rings is 2. The van der Waals surface area contributed by atoms with Crippen LogP contribution in [0.4, 0.5) is 0 Å². The van der Waals surface area contributed by atoms with Crippen LogP contribution in [0.2, 0.25) is 0 Å². The number of ether oxygens (including phenoxy) is 1. The van der Waals surface area contributed by atoms with Gasteiger partial charge in [0.25, 0.3) is 0 Å². The van der Waals surface area contributed by atoms with E-state index >= 15 is 0 Å². The molecule has 0 fully saturated rings. The second-order valence-electron chi connectivity index (χ2n) is 5.96. The van der Waals surface area contributed by atoms with Gasteiger partial charge in [0.15, 0.2) is 5.82 Å². The van der Waals surface area contributed by atoms with E-state index in [0.29, 0.717) is 11.7 Å². The Kier molecular flexibility index (Phi) is 3.86. The molecule has 0 N–H and O–H groups in total. The van der Waals surface area contributed by atoms with Crippen LogP contribution in [0.25, 0.3) is 22.3 Å². The zero-order valence-electron chi connectivity index (χ0n) is 14.1. The largest absolute Gasteiger partial charge is 0.438 e. The standard InChI is InChI=1S/C21H17N3O/c1-14-9-10-17(12-15(14)2)25-21-18-7-3-4-8-19(18)23-20(24-21)16-6-5-11-22-13-16/h3-13H,1-2H3. The molecule has 0 saturated heterocycles. The Hall–Kier alpha value is -3.27. The topological polar surface area (TPSA) is 47.9 Å². The molecule has 4 aromatic rings. The van der Waals surface area contributed by atoms with Gasteiger partial charge < -0.3 is 4.74 Å². The summed E-state index contributed by atoms with van der Waals surface area (Å²) in [4.78, 5) is 13.4. The highest BCUT2D eigenvalue weighted by Gasteiger charge is 2.11. The van der Waals surface area contributed by atoms with Crippen LogP contribution in [0, 0.1) is 13.8 Å². The molecular weight excluding hydrogens is 310 g/mol. The third-order valence-corrected chi connectivity index (χ3v) is 4.18. The predicted octanol–water partition coefficient (Wildman–Crippen LogP) is 5.10. The van der Waals surface area contributed by atoms with Crippen LogP contribution in [0.3, 0.4) is 0 Å². The zero-order chi connectivity index (χ0) is 17.2. The summed E-state index contributed by atoms with van der Waals surface area (Å²) in [6, 6.07) is 17.7. The van der Waals surface area contributed by atoms with Gasteiger partial charge in [0, 0.05) is 18.0 Å². The summed E-state index contributed by atoms with van der Waals surface area (Å²) in [5.41, 5.74) is 4.12. The lowest BCUT2D eigenvalue weighted by molar-refractivity contribution is 0.468. The first-order valence-electron chi connectivity index (χ1n) is 8.13. The second-order valence-corrected chi connectivity index (χ2v) is 5.96. The van der Waals surface area contributed by atoms with E-state index in [1.807, 2.05) is 48.5 Å². The van der Waals surface area contributed by atoms with Crippen molar-refractivity contribution in [1.29, 1.82) is 0 Å². The van der Waals surface area contributed by atoms with E-state index in [4.69, 9.17) is 4.74 Å². The number of nitrogens with zero attached hydrogens (tertiary/aromatic N) is 3. The molecule has 0 radical (unpaired) electrons. The maximum absolute atomic E-state index is 6.12. The molecule has 122 valence electrons. The third kappa shape index (κ3) is 3.06. The average molecular weight is 327 g/mol. The van der Waals surface area contributed by atoms with E-state index in [2.05, 4.69) is 34.9 Å². The van der Waals surface area contributed by atoms with Crippen molar-refractivity contribution in [2.45, 2.75) is 13.8 Å². The molecule has 2 heterocycles. The summed E-state index contributed by atoms with van der Waals surface area (Å²) in [6.07, 6.45) is 3.49. The minimum absolute atomic E-state index is 0.549. The number of aromatic nitrogens is 3. The van der Waals surface area contributed by atoms with E-state index in [9.17, 15) is 0 Å². The molecule has 0 aliphatic carbocycles. The van der Waals surface area contributed by atoms with Crippen molar-refractivity contribution in [3.8, 4) is 23.0 Å². The van der Waals surface area contributed by atoms with Crippen molar-refractivity contribution in [2.24, 2.45) is 0 Å². The summed E-state index contributed by atoms with van der Waals surface area (Å²) in [5.74, 6) is 1.92. The molecule has 0 spiro atoms. The number of hydrogen-bond acceptors (Lipinski definition) is 4. The molecule has 0 atom stereocenters. The number of para-hydroxylation sites is 1. The van der Waals surface area contributed by atoms with Crippen LogP contribution < -0.4 is 4.74 Å². The van der Waals surface area contributed by atoms with Crippen LogP contribution in [-0.4, -0.2) is 15.0 Å². The zero-order valence-corrected chi connectivity index (χ0v) is 14.1. The van der Waals surface area contributed by atoms with Gasteiger partial charge in [-0.1, -0.05) is 18.2 Å². The van der Waals surface area contributed by atoms with Gasteiger partial charge in [0.05, 0.1) is 10.9 Å². The second kappa shape index (κ2) is 6.32. The molecule has 4 rings (SSSR count). The van der Waals surface area contributed by atoms with Crippen molar-refractivity contribution in [3.05, 3.63) is 78.1 Å². The Morgan fingerprint density at radius 2 is 1.72 bits per heavy atom. The van der Waals surface area contributed by atoms with E-state index < -0.39 is 0 Å². The smallest absolute Gasteiger partial charge is 0.230 e. The van der Waals surface area contributed by atoms with E-state index in [0.717, 1.165) is 22.2 Å². The SMILES string of the molecule is Cc1ccc(Oc2nc(-c3cccnc3)nc3ccccc23)cc1C. The summed E-state index contributed by atoms with van der Waals surface area (Å²) < 4.78 is 6.12. The van der Waals surface area contributed by atoms with Gasteiger partial charge in [-0.2, -0.15) is 4.98 Å². The number of rotatable bonds is 3. The van der Waals surface area contributed by atoms with Crippen LogP contribution in [0.1, 0.15) is 11.1 Å². The summed E-state index contributed by atoms with van der Waals surface area (Å²) in [5, 5.41) is 0.883. The van der Waals surface area contributed by atoms with E-state index in [1.54, 1.807) is 12.4 Å². The first-order valence-corrected chi connectivity index (χ1v) is 8.13. The van der Waals surface area contributed by atoms with Gasteiger partial charge in [0.2, 0.25) is 5.88 Å². The number of pyridine rings is 1. The van der Waals surface area contributed by atoms with Crippen LogP contribution in [0.5, 0.6) is 11.6 Å². The quantitative estimate of drug-likeness (QED) is 0.525. The Morgan fingerprint density at radius 1 is 0.840 bits per heavy atom. The number of aryl methyl sites for hydroxylation is 2. The number of hydrogen-bond donors (Lipinski definition) is 0. The molecule has 0 unspecified atom stereocenters. The fraction of sp³-hybridized carbons (Fsp3) is 0.0952. The van der Waals surface area contributed by atoms with Crippen LogP contribution >= 0.6 is 0 Å². The lowest BCUT2D eigenvalue weighted by Crippen LogP contribution is -1.96. The predicted molar refractivity (Wildman–Crippen MR) is 98.8 cm³/mol. The van der Waals surface area contributed by atoms with Crippen molar-refractivity contribution in [2.75, 3.05) is 0 Å². The maximum atomic E-state index is 6.12. The lowest BCUT2D eigenvalue weighted by Gasteiger charge is -2.11. The fourth-order valence-electron chi connectivity index (χ4n) is 2.64. The van der Waals surface area contributed by atoms with Gasteiger partial charge in [-0.15, -0.1) is 0 Å². The van der Waals surface area contributed by atoms with Crippen molar-refractivity contribution >= 4 is 10.9 Å². The van der Waals surface area contributed by atoms with Crippen LogP contribution in [-0.2, 0) is 0 Å². The monoisotopic (exact) mass is 327 g/mol. The lowest BCUT2D eigenvalue weighted by atomic mass is 10.1. The van der Waals surface area contributed by atoms with E-state index in [1.165, 1.54) is 11.1 Å². The highest BCUT2D eigenvalue weighted by molar-refractivity contribution is 5.85. The van der Waals surface area contributed by atoms with Gasteiger partial charge >= 0.3 is 0 Å². The molecule has 4 nitrogen and oxygen atoms in total. The molecule has 0 bridgehead atoms. The fourth-order valence-corrected chi connectivity index (χ4v) is 2.64. The Labute approximate surface area is 146 Å². The van der Waals surface area contributed by atoms with Crippen molar-refractivity contribution < 1.29 is 4.74 Å². The Bertz CT molecular complexity index is 1050. The molecule has 2 aromatic heterocycles. The number of fused-ring (bicyclic) bond motifs is 1. The first-order chi connectivity index (χ1) is 12.2. The highest BCUT2D eigenvalue weighted by Crippen LogP contribution is 2.30. The summed E-state index contributed by atoms with van der Waals surface area (Å²) >= 11 is 0. The van der Waals surface area contributed by atoms with Gasteiger partial charge in [-0.25, -0.2) is 4.98 Å². The van der Waals surface area contributed by atoms with Gasteiger partial charge in [-0.3, -0.25) is 4.98 Å². The minimum atomic E-state index is 0.549. The normalized spacial score (nSPS) is 10.8. The maximum Gasteiger partial charge on any atom is 0.230 e. The molecule has 0 saturated carbocycles. The molecule has 2 aromatic carbocycles. The molecule has 4 heteroatoms. The first kappa shape index (κ1) is 15.3. The molecule has 0 amide bonds. The summed E-state index contributed by atoms with van der Waals surface area (Å²) in [6.45, 7) is 4.15. The third-order valence-electron chi connectivity index (χ3n) is 4.18. The van der Waals surface area contributed by atoms with E-state index in [-0.39, 0.29) is 0 Å². The molecule has 0 aliphatic rings. The molecule has 0 aliphatic heterocycles. The van der Waals surface area contributed by atoms with Gasteiger partial charge in [-0.05, 0) is 61.4 Å². The molecule has 25 heavy (non-hydrogen) atoms. The van der Waals surface area contributed by atoms with Gasteiger partial charge in [0.1, 0.15) is 5.75 Å². The Morgan fingerprint density at radius 3 is 2.52 bits per heavy atom. The molecular formula is C21H17N3O. The Balaban J connectivity index is 1.85.